The molecule has 2 saturated heterocycles. The van der Waals surface area contributed by atoms with E-state index in [2.05, 4.69) is 20.5 Å². The molecule has 62 heavy (non-hydrogen) atoms. The number of esters is 1. The first-order valence-electron chi connectivity index (χ1n) is 21.3. The van der Waals surface area contributed by atoms with Crippen LogP contribution in [0.3, 0.4) is 0 Å². The maximum atomic E-state index is 17.7. The summed E-state index contributed by atoms with van der Waals surface area (Å²) in [6.07, 6.45) is -2.05. The predicted octanol–water partition coefficient (Wildman–Crippen LogP) is 6.29. The molecule has 0 radical (unpaired) electrons. The summed E-state index contributed by atoms with van der Waals surface area (Å²) < 4.78 is 75.1. The molecule has 3 fully saturated rings. The predicted molar refractivity (Wildman–Crippen MR) is 227 cm³/mol. The van der Waals surface area contributed by atoms with Crippen molar-refractivity contribution in [1.82, 2.24) is 35.2 Å². The second-order valence-electron chi connectivity index (χ2n) is 18.1. The molecule has 2 N–H and O–H groups in total. The number of fused-ring (bicyclic) bond motifs is 6. The number of cyclic esters (lactones) is 1. The molecule has 1 aromatic carbocycles. The molecule has 4 aromatic rings. The summed E-state index contributed by atoms with van der Waals surface area (Å²) in [5, 5.41) is 6.36. The summed E-state index contributed by atoms with van der Waals surface area (Å²) in [5.41, 5.74) is 4.36. The van der Waals surface area contributed by atoms with Crippen molar-refractivity contribution in [1.29, 1.82) is 0 Å². The zero-order valence-corrected chi connectivity index (χ0v) is 36.7. The fraction of sp³-hybridized carbons (Fsp3) is 0.568. The Kier molecular flexibility index (Phi) is 12.2. The van der Waals surface area contributed by atoms with E-state index in [4.69, 9.17) is 19.4 Å². The molecule has 18 heteroatoms. The Bertz CT molecular complexity index is 2360. The smallest absolute Gasteiger partial charge is 0.406 e. The largest absolute Gasteiger partial charge is 0.464 e. The highest BCUT2D eigenvalue weighted by molar-refractivity contribution is 7.10. The molecule has 13 nitrogen and oxygen atoms in total. The summed E-state index contributed by atoms with van der Waals surface area (Å²) in [4.78, 5) is 55.0. The van der Waals surface area contributed by atoms with Crippen molar-refractivity contribution in [3.05, 3.63) is 51.9 Å². The van der Waals surface area contributed by atoms with E-state index in [1.54, 1.807) is 18.5 Å². The van der Waals surface area contributed by atoms with E-state index in [1.807, 2.05) is 33.9 Å². The minimum Gasteiger partial charge on any atom is -0.464 e. The minimum atomic E-state index is -4.70. The number of nitrogens with one attached hydrogen (secondary N) is 2. The highest BCUT2D eigenvalue weighted by atomic mass is 32.1. The third-order valence-corrected chi connectivity index (χ3v) is 13.5. The van der Waals surface area contributed by atoms with Crippen LogP contribution in [0.2, 0.25) is 0 Å². The van der Waals surface area contributed by atoms with Gasteiger partial charge in [0.05, 0.1) is 52.2 Å². The van der Waals surface area contributed by atoms with Crippen LogP contribution in [0, 0.1) is 23.1 Å². The van der Waals surface area contributed by atoms with Crippen molar-refractivity contribution in [3.8, 4) is 22.5 Å². The fourth-order valence-electron chi connectivity index (χ4n) is 8.90. The summed E-state index contributed by atoms with van der Waals surface area (Å²) in [7, 11) is 3.53. The third kappa shape index (κ3) is 9.06. The van der Waals surface area contributed by atoms with Crippen molar-refractivity contribution in [2.24, 2.45) is 17.3 Å². The number of hydrogen-bond donors (Lipinski definition) is 2. The van der Waals surface area contributed by atoms with Gasteiger partial charge in [0.2, 0.25) is 5.91 Å². The number of likely N-dealkylation sites (N-methyl/N-ethyl adjacent to an activating group) is 1. The van der Waals surface area contributed by atoms with Gasteiger partial charge in [0.15, 0.2) is 0 Å². The number of carbonyl (C=O) groups excluding carboxylic acids is 3. The standard InChI is InChI=1S/C44H54F4N8O5S/c1-24-16-28(24)40(57)51-32-18-35-50-33(21-62-35)27-9-10-34-36(37(27)45)30(19-43(3,4)23-61-42(59)31-8-7-11-56(52-31)41(32)58)39(55(34)22-44(46,47)48)29-17-26(20-49-38(29)25(2)60-6)54-14-12-53(5)13-15-54/h9-10,17,20-21,24-25,28,31-32,52H,7-8,11-16,18-19,22-23H2,1-6H3,(H,51,57)/t24-,25-,28-,31-,32-/m0/s1. The minimum absolute atomic E-state index is 0.00287. The van der Waals surface area contributed by atoms with E-state index < -0.39 is 54.0 Å². The van der Waals surface area contributed by atoms with Crippen molar-refractivity contribution in [2.45, 2.75) is 90.7 Å². The second-order valence-corrected chi connectivity index (χ2v) is 19.1. The Morgan fingerprint density at radius 1 is 1.15 bits per heavy atom. The van der Waals surface area contributed by atoms with Crippen LogP contribution in [0.1, 0.15) is 69.3 Å². The normalized spacial score (nSPS) is 24.2. The molecule has 8 rings (SSSR count). The van der Waals surface area contributed by atoms with Crippen molar-refractivity contribution in [2.75, 3.05) is 58.4 Å². The summed E-state index contributed by atoms with van der Waals surface area (Å²) in [6, 6.07) is 2.87. The number of carbonyl (C=O) groups is 3. The van der Waals surface area contributed by atoms with Crippen LogP contribution in [-0.2, 0) is 43.2 Å². The molecule has 334 valence electrons. The Balaban J connectivity index is 1.32. The molecule has 2 amide bonds. The molecule has 1 saturated carbocycles. The number of anilines is 1. The van der Waals surface area contributed by atoms with E-state index >= 15 is 4.39 Å². The fourth-order valence-corrected chi connectivity index (χ4v) is 9.74. The van der Waals surface area contributed by atoms with Gasteiger partial charge in [-0.3, -0.25) is 24.4 Å². The number of piperazine rings is 1. The Morgan fingerprint density at radius 3 is 2.58 bits per heavy atom. The highest BCUT2D eigenvalue weighted by Crippen LogP contribution is 2.45. The Labute approximate surface area is 362 Å². The lowest BCUT2D eigenvalue weighted by Crippen LogP contribution is -2.60. The summed E-state index contributed by atoms with van der Waals surface area (Å²) in [5.74, 6) is -2.09. The number of ether oxygens (including phenoxy) is 2. The van der Waals surface area contributed by atoms with Gasteiger partial charge in [0.1, 0.15) is 24.4 Å². The van der Waals surface area contributed by atoms with Crippen LogP contribution in [-0.4, -0.2) is 114 Å². The summed E-state index contributed by atoms with van der Waals surface area (Å²) >= 11 is 1.19. The van der Waals surface area contributed by atoms with E-state index in [1.165, 1.54) is 35.6 Å². The first-order valence-corrected chi connectivity index (χ1v) is 22.2. The molecule has 0 unspecified atom stereocenters. The van der Waals surface area contributed by atoms with E-state index in [9.17, 15) is 27.6 Å². The number of thiazole rings is 1. The maximum absolute atomic E-state index is 17.7. The van der Waals surface area contributed by atoms with Crippen LogP contribution < -0.4 is 15.6 Å². The molecule has 0 spiro atoms. The zero-order chi connectivity index (χ0) is 44.2. The second kappa shape index (κ2) is 17.1. The number of benzene rings is 1. The molecule has 3 aromatic heterocycles. The number of rotatable bonds is 7. The lowest BCUT2D eigenvalue weighted by Gasteiger charge is -2.35. The number of hydrazine groups is 1. The van der Waals surface area contributed by atoms with Gasteiger partial charge >= 0.3 is 12.1 Å². The van der Waals surface area contributed by atoms with Gasteiger partial charge in [-0.05, 0) is 69.3 Å². The SMILES string of the molecule is CO[C@@H](C)c1ncc(N2CCN(C)CC2)cc1-c1c2c3c(F)c(ccc3n1CC(F)(F)F)-c1csc(n1)C[C@H](NC(=O)[C@H]1C[C@@H]1C)C(=O)N1CCC[C@H](N1)C(=O)OCC(C)(C)C2. The number of hydrogen-bond acceptors (Lipinski definition) is 11. The van der Waals surface area contributed by atoms with Crippen molar-refractivity contribution < 1.29 is 41.4 Å². The quantitative estimate of drug-likeness (QED) is 0.161. The average Bonchev–Trinajstić information content (AvgIpc) is 3.67. The van der Waals surface area contributed by atoms with Gasteiger partial charge < -0.3 is 29.2 Å². The van der Waals surface area contributed by atoms with Gasteiger partial charge in [0.25, 0.3) is 5.91 Å². The van der Waals surface area contributed by atoms with Crippen molar-refractivity contribution in [3.63, 3.8) is 0 Å². The van der Waals surface area contributed by atoms with Crippen molar-refractivity contribution >= 4 is 45.7 Å². The molecule has 5 atom stereocenters. The molecule has 6 heterocycles. The van der Waals surface area contributed by atoms with Crippen LogP contribution in [0.4, 0.5) is 23.2 Å². The van der Waals surface area contributed by atoms with Crippen LogP contribution >= 0.6 is 11.3 Å². The third-order valence-electron chi connectivity index (χ3n) is 12.6. The van der Waals surface area contributed by atoms with E-state index in [-0.39, 0.29) is 65.0 Å². The van der Waals surface area contributed by atoms with Gasteiger partial charge in [0, 0.05) is 79.5 Å². The first-order chi connectivity index (χ1) is 29.4. The monoisotopic (exact) mass is 882 g/mol. The summed E-state index contributed by atoms with van der Waals surface area (Å²) in [6.45, 7) is 9.00. The highest BCUT2D eigenvalue weighted by Gasteiger charge is 2.42. The molecule has 6 bridgehead atoms. The maximum Gasteiger partial charge on any atom is 0.406 e. The number of alkyl halides is 3. The van der Waals surface area contributed by atoms with Gasteiger partial charge in [-0.1, -0.05) is 20.8 Å². The molecule has 3 aliphatic heterocycles. The van der Waals surface area contributed by atoms with Crippen LogP contribution in [0.15, 0.2) is 29.8 Å². The Hall–Kier alpha value is -4.65. The first kappa shape index (κ1) is 44.0. The molecular formula is C44H54F4N8O5S. The number of aromatic nitrogens is 3. The zero-order valence-electron chi connectivity index (χ0n) is 35.9. The van der Waals surface area contributed by atoms with Gasteiger partial charge in [-0.2, -0.15) is 13.2 Å². The number of amides is 2. The number of nitrogens with zero attached hydrogens (tertiary/aromatic N) is 6. The molecule has 1 aliphatic carbocycles. The number of halogens is 4. The van der Waals surface area contributed by atoms with Gasteiger partial charge in [-0.25, -0.2) is 14.8 Å². The van der Waals surface area contributed by atoms with Crippen LogP contribution in [0.25, 0.3) is 33.4 Å². The van der Waals surface area contributed by atoms with E-state index in [0.717, 1.165) is 17.7 Å². The Morgan fingerprint density at radius 2 is 1.89 bits per heavy atom. The number of pyridine rings is 1. The molecular weight excluding hydrogens is 829 g/mol. The van der Waals surface area contributed by atoms with Crippen LogP contribution in [0.5, 0.6) is 0 Å². The molecule has 4 aliphatic rings. The van der Waals surface area contributed by atoms with E-state index in [0.29, 0.717) is 66.4 Å². The number of methoxy groups -OCH3 is 1. The topological polar surface area (TPSA) is 134 Å². The van der Waals surface area contributed by atoms with Gasteiger partial charge in [-0.15, -0.1) is 11.3 Å². The lowest BCUT2D eigenvalue weighted by atomic mass is 9.84. The lowest BCUT2D eigenvalue weighted by molar-refractivity contribution is -0.155. The average molecular weight is 883 g/mol.